The van der Waals surface area contributed by atoms with Crippen molar-refractivity contribution in [2.45, 2.75) is 44.8 Å². The molecule has 1 aromatic heterocycles. The molecule has 3 heterocycles. The number of likely N-dealkylation sites (tertiary alicyclic amines) is 1. The average Bonchev–Trinajstić information content (AvgIpc) is 2.56. The molecule has 0 bridgehead atoms. The van der Waals surface area contributed by atoms with Crippen LogP contribution in [0.25, 0.3) is 0 Å². The fourth-order valence-electron chi connectivity index (χ4n) is 2.84. The molecule has 2 aliphatic heterocycles. The third kappa shape index (κ3) is 4.54. The zero-order valence-corrected chi connectivity index (χ0v) is 13.4. The van der Waals surface area contributed by atoms with Gasteiger partial charge in [-0.1, -0.05) is 0 Å². The van der Waals surface area contributed by atoms with Crippen LogP contribution in [0, 0.1) is 6.92 Å². The molecule has 0 N–H and O–H groups in total. The minimum atomic E-state index is -0.215. The van der Waals surface area contributed by atoms with E-state index < -0.39 is 0 Å². The minimum Gasteiger partial charge on any atom is -0.474 e. The molecule has 0 aliphatic carbocycles. The molecule has 0 spiro atoms. The molecule has 2 fully saturated rings. The highest BCUT2D eigenvalue weighted by Gasteiger charge is 2.27. The van der Waals surface area contributed by atoms with Crippen LogP contribution < -0.4 is 4.74 Å². The third-order valence-electron chi connectivity index (χ3n) is 4.17. The van der Waals surface area contributed by atoms with Crippen molar-refractivity contribution in [3.05, 3.63) is 18.1 Å². The van der Waals surface area contributed by atoms with E-state index in [0.29, 0.717) is 38.0 Å². The summed E-state index contributed by atoms with van der Waals surface area (Å²) in [5, 5.41) is 0. The molecule has 126 valence electrons. The molecular weight excluding hydrogens is 298 g/mol. The summed E-state index contributed by atoms with van der Waals surface area (Å²) in [5.41, 5.74) is 0. The first-order valence-electron chi connectivity index (χ1n) is 8.20. The predicted molar refractivity (Wildman–Crippen MR) is 82.3 cm³/mol. The highest BCUT2D eigenvalue weighted by Crippen LogP contribution is 2.19. The summed E-state index contributed by atoms with van der Waals surface area (Å²) in [6, 6.07) is 1.76. The first-order valence-corrected chi connectivity index (χ1v) is 8.20. The van der Waals surface area contributed by atoms with Crippen molar-refractivity contribution in [3.8, 4) is 5.88 Å². The fourth-order valence-corrected chi connectivity index (χ4v) is 2.84. The Kier molecular flexibility index (Phi) is 5.27. The lowest BCUT2D eigenvalue weighted by Gasteiger charge is -2.33. The van der Waals surface area contributed by atoms with Crippen LogP contribution in [-0.2, 0) is 9.47 Å². The fraction of sp³-hybridized carbons (Fsp3) is 0.688. The van der Waals surface area contributed by atoms with Gasteiger partial charge in [-0.3, -0.25) is 0 Å². The van der Waals surface area contributed by atoms with Crippen LogP contribution >= 0.6 is 0 Å². The summed E-state index contributed by atoms with van der Waals surface area (Å²) in [4.78, 5) is 22.2. The van der Waals surface area contributed by atoms with Gasteiger partial charge in [-0.15, -0.1) is 0 Å². The van der Waals surface area contributed by atoms with E-state index in [4.69, 9.17) is 14.2 Å². The Morgan fingerprint density at radius 3 is 2.65 bits per heavy atom. The van der Waals surface area contributed by atoms with Crippen LogP contribution in [0.4, 0.5) is 4.79 Å². The minimum absolute atomic E-state index is 0.00535. The molecule has 0 aromatic carbocycles. The van der Waals surface area contributed by atoms with E-state index in [1.807, 2.05) is 6.92 Å². The molecule has 3 rings (SSSR count). The zero-order chi connectivity index (χ0) is 16.1. The number of hydrogen-bond acceptors (Lipinski definition) is 6. The van der Waals surface area contributed by atoms with E-state index in [9.17, 15) is 4.79 Å². The number of aryl methyl sites for hydroxylation is 1. The smallest absolute Gasteiger partial charge is 0.410 e. The van der Waals surface area contributed by atoms with Gasteiger partial charge in [0.05, 0.1) is 13.2 Å². The number of aromatic nitrogens is 2. The Morgan fingerprint density at radius 1 is 1.22 bits per heavy atom. The van der Waals surface area contributed by atoms with Gasteiger partial charge in [0, 0.05) is 51.0 Å². The summed E-state index contributed by atoms with van der Waals surface area (Å²) in [5.74, 6) is 1.29. The van der Waals surface area contributed by atoms with Crippen LogP contribution in [-0.4, -0.2) is 59.5 Å². The first kappa shape index (κ1) is 16.0. The number of nitrogens with zero attached hydrogens (tertiary/aromatic N) is 3. The van der Waals surface area contributed by atoms with E-state index in [-0.39, 0.29) is 18.3 Å². The second-order valence-corrected chi connectivity index (χ2v) is 5.94. The lowest BCUT2D eigenvalue weighted by molar-refractivity contribution is -0.0151. The second-order valence-electron chi connectivity index (χ2n) is 5.94. The van der Waals surface area contributed by atoms with Gasteiger partial charge in [-0.25, -0.2) is 9.78 Å². The summed E-state index contributed by atoms with van der Waals surface area (Å²) >= 11 is 0. The lowest BCUT2D eigenvalue weighted by Crippen LogP contribution is -2.43. The van der Waals surface area contributed by atoms with Crippen LogP contribution in [0.3, 0.4) is 0 Å². The van der Waals surface area contributed by atoms with Crippen molar-refractivity contribution < 1.29 is 19.0 Å². The maximum atomic E-state index is 12.2. The van der Waals surface area contributed by atoms with Gasteiger partial charge < -0.3 is 19.1 Å². The van der Waals surface area contributed by atoms with E-state index in [1.54, 1.807) is 17.2 Å². The largest absolute Gasteiger partial charge is 0.474 e. The maximum absolute atomic E-state index is 12.2. The topological polar surface area (TPSA) is 73.8 Å². The van der Waals surface area contributed by atoms with Gasteiger partial charge in [0.1, 0.15) is 18.0 Å². The Labute approximate surface area is 136 Å². The predicted octanol–water partition coefficient (Wildman–Crippen LogP) is 1.94. The lowest BCUT2D eigenvalue weighted by atomic mass is 10.1. The second kappa shape index (κ2) is 7.59. The van der Waals surface area contributed by atoms with Gasteiger partial charge in [-0.2, -0.15) is 4.98 Å². The van der Waals surface area contributed by atoms with E-state index >= 15 is 0 Å². The van der Waals surface area contributed by atoms with E-state index in [1.165, 1.54) is 0 Å². The van der Waals surface area contributed by atoms with Crippen LogP contribution in [0.5, 0.6) is 5.88 Å². The molecule has 7 heteroatoms. The number of amides is 1. The molecule has 23 heavy (non-hydrogen) atoms. The third-order valence-corrected chi connectivity index (χ3v) is 4.17. The monoisotopic (exact) mass is 321 g/mol. The van der Waals surface area contributed by atoms with Gasteiger partial charge in [0.25, 0.3) is 0 Å². The summed E-state index contributed by atoms with van der Waals surface area (Å²) in [6.07, 6.45) is 4.70. The Hall–Kier alpha value is -1.89. The summed E-state index contributed by atoms with van der Waals surface area (Å²) in [6.45, 7) is 4.48. The highest BCUT2D eigenvalue weighted by molar-refractivity contribution is 5.67. The van der Waals surface area contributed by atoms with Crippen molar-refractivity contribution >= 4 is 6.09 Å². The molecule has 0 atom stereocenters. The van der Waals surface area contributed by atoms with Crippen molar-refractivity contribution in [1.82, 2.24) is 14.9 Å². The van der Waals surface area contributed by atoms with Gasteiger partial charge in [0.2, 0.25) is 5.88 Å². The molecule has 7 nitrogen and oxygen atoms in total. The molecule has 0 unspecified atom stereocenters. The zero-order valence-electron chi connectivity index (χ0n) is 13.4. The van der Waals surface area contributed by atoms with E-state index in [0.717, 1.165) is 25.7 Å². The normalized spacial score (nSPS) is 20.3. The quantitative estimate of drug-likeness (QED) is 0.847. The molecule has 0 saturated carbocycles. The molecule has 1 aromatic rings. The molecular formula is C16H23N3O4. The van der Waals surface area contributed by atoms with Crippen molar-refractivity contribution in [3.63, 3.8) is 0 Å². The number of hydrogen-bond donors (Lipinski definition) is 0. The number of piperidine rings is 1. The first-order chi connectivity index (χ1) is 11.2. The van der Waals surface area contributed by atoms with Gasteiger partial charge >= 0.3 is 6.09 Å². The average molecular weight is 321 g/mol. The molecule has 1 amide bonds. The van der Waals surface area contributed by atoms with Gasteiger partial charge in [0.15, 0.2) is 0 Å². The molecule has 0 radical (unpaired) electrons. The SMILES string of the molecule is Cc1nccc(OC2CCN(C(=O)OC3CCOCC3)CC2)n1. The van der Waals surface area contributed by atoms with Gasteiger partial charge in [-0.05, 0) is 6.92 Å². The van der Waals surface area contributed by atoms with Crippen LogP contribution in [0.15, 0.2) is 12.3 Å². The highest BCUT2D eigenvalue weighted by atomic mass is 16.6. The standard InChI is InChI=1S/C16H23N3O4/c1-12-17-7-2-15(18-12)22-13-3-8-19(9-4-13)16(20)23-14-5-10-21-11-6-14/h2,7,13-14H,3-6,8-11H2,1H3. The number of rotatable bonds is 3. The Bertz CT molecular complexity index is 526. The summed E-state index contributed by atoms with van der Waals surface area (Å²) in [7, 11) is 0. The van der Waals surface area contributed by atoms with Crippen molar-refractivity contribution in [1.29, 1.82) is 0 Å². The molecule has 2 saturated heterocycles. The van der Waals surface area contributed by atoms with Crippen LogP contribution in [0.2, 0.25) is 0 Å². The Morgan fingerprint density at radius 2 is 1.96 bits per heavy atom. The van der Waals surface area contributed by atoms with Crippen molar-refractivity contribution in [2.24, 2.45) is 0 Å². The number of carbonyl (C=O) groups excluding carboxylic acids is 1. The van der Waals surface area contributed by atoms with E-state index in [2.05, 4.69) is 9.97 Å². The summed E-state index contributed by atoms with van der Waals surface area (Å²) < 4.78 is 16.7. The van der Waals surface area contributed by atoms with Crippen molar-refractivity contribution in [2.75, 3.05) is 26.3 Å². The molecule has 2 aliphatic rings. The number of ether oxygens (including phenoxy) is 3. The van der Waals surface area contributed by atoms with Crippen LogP contribution in [0.1, 0.15) is 31.5 Å². The maximum Gasteiger partial charge on any atom is 0.410 e. The Balaban J connectivity index is 1.43. The number of carbonyl (C=O) groups is 1.